The number of hydrogen-bond donors (Lipinski definition) is 2. The molecule has 0 aromatic heterocycles. The van der Waals surface area contributed by atoms with Crippen molar-refractivity contribution < 1.29 is 24.5 Å². The van der Waals surface area contributed by atoms with Gasteiger partial charge in [0.25, 0.3) is 5.91 Å². The number of aromatic hydroxyl groups is 1. The zero-order valence-electron chi connectivity index (χ0n) is 14.2. The van der Waals surface area contributed by atoms with Crippen molar-refractivity contribution in [1.82, 2.24) is 0 Å². The van der Waals surface area contributed by atoms with Crippen LogP contribution in [0.15, 0.2) is 53.4 Å². The minimum atomic E-state index is -1.04. The Hall–Kier alpha value is -2.84. The third-order valence-electron chi connectivity index (χ3n) is 3.74. The van der Waals surface area contributed by atoms with Crippen LogP contribution in [-0.4, -0.2) is 32.5 Å². The molecule has 2 aromatic carbocycles. The Morgan fingerprint density at radius 2 is 1.81 bits per heavy atom. The molecule has 1 amide bonds. The molecule has 0 spiro atoms. The van der Waals surface area contributed by atoms with Gasteiger partial charge in [-0.2, -0.15) is 0 Å². The number of carboxylic acids is 1. The van der Waals surface area contributed by atoms with Gasteiger partial charge in [0.15, 0.2) is 10.4 Å². The van der Waals surface area contributed by atoms with E-state index in [0.717, 1.165) is 5.56 Å². The first kappa shape index (κ1) is 18.9. The number of hydrogen-bond acceptors (Lipinski definition) is 6. The number of nitrogens with zero attached hydrogens (tertiary/aromatic N) is 1. The van der Waals surface area contributed by atoms with Crippen LogP contribution in [0.5, 0.6) is 11.5 Å². The molecule has 2 N–H and O–H groups in total. The summed E-state index contributed by atoms with van der Waals surface area (Å²) >= 11 is 6.50. The molecule has 1 aliphatic heterocycles. The van der Waals surface area contributed by atoms with E-state index in [9.17, 15) is 14.7 Å². The predicted molar refractivity (Wildman–Crippen MR) is 108 cm³/mol. The van der Waals surface area contributed by atoms with Gasteiger partial charge in [0.1, 0.15) is 11.5 Å². The van der Waals surface area contributed by atoms with E-state index in [1.165, 1.54) is 35.7 Å². The van der Waals surface area contributed by atoms with Gasteiger partial charge in [-0.15, -0.1) is 0 Å². The normalized spacial score (nSPS) is 16.6. The van der Waals surface area contributed by atoms with E-state index >= 15 is 0 Å². The lowest BCUT2D eigenvalue weighted by Gasteiger charge is -2.14. The number of aliphatic carboxylic acids is 1. The SMILES string of the molecule is CC(Oc1ccc(/C=C2/SC(=S)N(c3ccc(O)cc3)C2=O)cc1)C(=O)O. The van der Waals surface area contributed by atoms with Gasteiger partial charge < -0.3 is 14.9 Å². The van der Waals surface area contributed by atoms with Gasteiger partial charge in [-0.1, -0.05) is 36.1 Å². The molecule has 1 heterocycles. The van der Waals surface area contributed by atoms with Crippen LogP contribution >= 0.6 is 24.0 Å². The number of carbonyl (C=O) groups is 2. The number of ether oxygens (including phenoxy) is 1. The van der Waals surface area contributed by atoms with E-state index in [0.29, 0.717) is 20.7 Å². The number of carbonyl (C=O) groups excluding carboxylic acids is 1. The third kappa shape index (κ3) is 4.29. The fraction of sp³-hybridized carbons (Fsp3) is 0.105. The Bertz CT molecular complexity index is 922. The van der Waals surface area contributed by atoms with Crippen molar-refractivity contribution in [2.45, 2.75) is 13.0 Å². The molecule has 2 aromatic rings. The average molecular weight is 401 g/mol. The van der Waals surface area contributed by atoms with E-state index in [1.54, 1.807) is 42.5 Å². The molecule has 138 valence electrons. The van der Waals surface area contributed by atoms with E-state index in [2.05, 4.69) is 0 Å². The maximum atomic E-state index is 12.7. The molecule has 3 rings (SSSR count). The van der Waals surface area contributed by atoms with Crippen molar-refractivity contribution >= 4 is 51.9 Å². The molecule has 1 saturated heterocycles. The quantitative estimate of drug-likeness (QED) is 0.584. The molecule has 8 heteroatoms. The second kappa shape index (κ2) is 7.81. The van der Waals surface area contributed by atoms with Crippen LogP contribution in [0.25, 0.3) is 6.08 Å². The van der Waals surface area contributed by atoms with E-state index in [-0.39, 0.29) is 11.7 Å². The molecule has 1 aliphatic rings. The Kier molecular flexibility index (Phi) is 5.48. The standard InChI is InChI=1S/C19H15NO5S2/c1-11(18(23)24)25-15-8-2-12(3-9-15)10-16-17(22)20(19(26)27-16)13-4-6-14(21)7-5-13/h2-11,21H,1H3,(H,23,24)/b16-10+. The number of amides is 1. The molecule has 0 radical (unpaired) electrons. The van der Waals surface area contributed by atoms with Crippen molar-refractivity contribution in [2.75, 3.05) is 4.90 Å². The van der Waals surface area contributed by atoms with Crippen LogP contribution in [0.3, 0.4) is 0 Å². The molecule has 27 heavy (non-hydrogen) atoms. The molecule has 0 bridgehead atoms. The zero-order valence-corrected chi connectivity index (χ0v) is 15.8. The van der Waals surface area contributed by atoms with Crippen LogP contribution in [0.4, 0.5) is 5.69 Å². The first-order valence-electron chi connectivity index (χ1n) is 7.91. The smallest absolute Gasteiger partial charge is 0.344 e. The van der Waals surface area contributed by atoms with Gasteiger partial charge in [0.05, 0.1) is 10.6 Å². The number of rotatable bonds is 5. The van der Waals surface area contributed by atoms with Crippen LogP contribution in [-0.2, 0) is 9.59 Å². The number of benzene rings is 2. The molecular weight excluding hydrogens is 386 g/mol. The maximum absolute atomic E-state index is 12.7. The second-order valence-corrected chi connectivity index (χ2v) is 7.38. The fourth-order valence-corrected chi connectivity index (χ4v) is 3.64. The minimum absolute atomic E-state index is 0.110. The molecule has 0 aliphatic carbocycles. The van der Waals surface area contributed by atoms with Gasteiger partial charge >= 0.3 is 5.97 Å². The highest BCUT2D eigenvalue weighted by Crippen LogP contribution is 2.36. The first-order chi connectivity index (χ1) is 12.8. The number of phenols is 1. The fourth-order valence-electron chi connectivity index (χ4n) is 2.34. The number of thioether (sulfide) groups is 1. The molecule has 1 atom stereocenters. The Labute approximate surface area is 165 Å². The highest BCUT2D eigenvalue weighted by atomic mass is 32.2. The summed E-state index contributed by atoms with van der Waals surface area (Å²) in [6.07, 6.45) is 0.766. The van der Waals surface area contributed by atoms with Gasteiger partial charge in [-0.25, -0.2) is 4.79 Å². The van der Waals surface area contributed by atoms with Crippen LogP contribution < -0.4 is 9.64 Å². The number of carboxylic acid groups (broad SMARTS) is 1. The number of thiocarbonyl (C=S) groups is 1. The summed E-state index contributed by atoms with van der Waals surface area (Å²) in [5.74, 6) is -0.745. The predicted octanol–water partition coefficient (Wildman–Crippen LogP) is 3.65. The lowest BCUT2D eigenvalue weighted by Crippen LogP contribution is -2.27. The summed E-state index contributed by atoms with van der Waals surface area (Å²) in [4.78, 5) is 25.4. The Balaban J connectivity index is 1.77. The summed E-state index contributed by atoms with van der Waals surface area (Å²) in [6.45, 7) is 1.45. The van der Waals surface area contributed by atoms with Crippen molar-refractivity contribution in [3.63, 3.8) is 0 Å². The molecule has 1 fully saturated rings. The van der Waals surface area contributed by atoms with Crippen LogP contribution in [0, 0.1) is 0 Å². The van der Waals surface area contributed by atoms with Gasteiger partial charge in [-0.3, -0.25) is 9.69 Å². The summed E-state index contributed by atoms with van der Waals surface area (Å²) in [6, 6.07) is 13.0. The minimum Gasteiger partial charge on any atom is -0.508 e. The average Bonchev–Trinajstić information content (AvgIpc) is 2.91. The second-order valence-electron chi connectivity index (χ2n) is 5.70. The number of phenolic OH excluding ortho intramolecular Hbond substituents is 1. The Morgan fingerprint density at radius 1 is 1.19 bits per heavy atom. The largest absolute Gasteiger partial charge is 0.508 e. The number of anilines is 1. The summed E-state index contributed by atoms with van der Waals surface area (Å²) in [5, 5.41) is 18.3. The summed E-state index contributed by atoms with van der Waals surface area (Å²) in [5.41, 5.74) is 1.35. The molecular formula is C19H15NO5S2. The maximum Gasteiger partial charge on any atom is 0.344 e. The summed E-state index contributed by atoms with van der Waals surface area (Å²) < 4.78 is 5.69. The zero-order chi connectivity index (χ0) is 19.6. The van der Waals surface area contributed by atoms with Crippen molar-refractivity contribution in [3.05, 3.63) is 59.0 Å². The van der Waals surface area contributed by atoms with Gasteiger partial charge in [-0.05, 0) is 55.0 Å². The van der Waals surface area contributed by atoms with Gasteiger partial charge in [0, 0.05) is 0 Å². The highest BCUT2D eigenvalue weighted by molar-refractivity contribution is 8.27. The van der Waals surface area contributed by atoms with Crippen molar-refractivity contribution in [2.24, 2.45) is 0 Å². The Morgan fingerprint density at radius 3 is 2.41 bits per heavy atom. The molecule has 1 unspecified atom stereocenters. The lowest BCUT2D eigenvalue weighted by molar-refractivity contribution is -0.144. The van der Waals surface area contributed by atoms with E-state index < -0.39 is 12.1 Å². The summed E-state index contributed by atoms with van der Waals surface area (Å²) in [7, 11) is 0. The highest BCUT2D eigenvalue weighted by Gasteiger charge is 2.33. The van der Waals surface area contributed by atoms with Crippen LogP contribution in [0.1, 0.15) is 12.5 Å². The van der Waals surface area contributed by atoms with E-state index in [1.807, 2.05) is 0 Å². The molecule has 6 nitrogen and oxygen atoms in total. The lowest BCUT2D eigenvalue weighted by atomic mass is 10.2. The van der Waals surface area contributed by atoms with Gasteiger partial charge in [0.2, 0.25) is 0 Å². The first-order valence-corrected chi connectivity index (χ1v) is 9.14. The van der Waals surface area contributed by atoms with E-state index in [4.69, 9.17) is 22.1 Å². The monoisotopic (exact) mass is 401 g/mol. The van der Waals surface area contributed by atoms with Crippen molar-refractivity contribution in [3.8, 4) is 11.5 Å². The van der Waals surface area contributed by atoms with Crippen molar-refractivity contribution in [1.29, 1.82) is 0 Å². The topological polar surface area (TPSA) is 87.1 Å². The van der Waals surface area contributed by atoms with Crippen LogP contribution in [0.2, 0.25) is 0 Å². The third-order valence-corrected chi connectivity index (χ3v) is 5.04. The molecule has 0 saturated carbocycles.